The Bertz CT molecular complexity index is 273. The molecule has 1 N–H and O–H groups in total. The van der Waals surface area contributed by atoms with Crippen molar-refractivity contribution in [3.8, 4) is 0 Å². The van der Waals surface area contributed by atoms with Gasteiger partial charge in [0.2, 0.25) is 0 Å². The molecule has 0 aromatic rings. The zero-order chi connectivity index (χ0) is 14.2. The molecule has 106 valence electrons. The smallest absolute Gasteiger partial charge is 0.341 e. The molecule has 0 aromatic carbocycles. The van der Waals surface area contributed by atoms with Gasteiger partial charge in [-0.25, -0.2) is 4.79 Å². The van der Waals surface area contributed by atoms with Crippen LogP contribution in [0.5, 0.6) is 0 Å². The van der Waals surface area contributed by atoms with Gasteiger partial charge in [0, 0.05) is 6.42 Å². The molecule has 5 nitrogen and oxygen atoms in total. The Kier molecular flexibility index (Phi) is 7.59. The van der Waals surface area contributed by atoms with Gasteiger partial charge in [-0.3, -0.25) is 4.79 Å². The first-order valence-corrected chi connectivity index (χ1v) is 6.45. The van der Waals surface area contributed by atoms with Crippen molar-refractivity contribution in [2.75, 3.05) is 6.61 Å². The molecule has 0 rings (SSSR count). The minimum Gasteiger partial charge on any atom is -0.464 e. The van der Waals surface area contributed by atoms with Crippen molar-refractivity contribution in [1.29, 1.82) is 0 Å². The van der Waals surface area contributed by atoms with Crippen LogP contribution in [0.4, 0.5) is 0 Å². The normalized spacial score (nSPS) is 15.6. The van der Waals surface area contributed by atoms with Gasteiger partial charge in [-0.15, -0.1) is 0 Å². The third-order valence-corrected chi connectivity index (χ3v) is 2.77. The summed E-state index contributed by atoms with van der Waals surface area (Å²) in [5.74, 6) is -1.18. The van der Waals surface area contributed by atoms with Crippen molar-refractivity contribution < 1.29 is 24.2 Å². The molecule has 0 aliphatic carbocycles. The lowest BCUT2D eigenvalue weighted by Gasteiger charge is -2.27. The van der Waals surface area contributed by atoms with Crippen molar-refractivity contribution in [1.82, 2.24) is 0 Å². The summed E-state index contributed by atoms with van der Waals surface area (Å²) < 4.78 is 9.77. The van der Waals surface area contributed by atoms with Crippen molar-refractivity contribution in [3.05, 3.63) is 0 Å². The molecule has 0 fully saturated rings. The quantitative estimate of drug-likeness (QED) is 0.532. The second-order valence-corrected chi connectivity index (χ2v) is 4.46. The highest BCUT2D eigenvalue weighted by Crippen LogP contribution is 2.16. The van der Waals surface area contributed by atoms with Crippen LogP contribution in [0.2, 0.25) is 0 Å². The van der Waals surface area contributed by atoms with E-state index < -0.39 is 23.6 Å². The van der Waals surface area contributed by atoms with Crippen LogP contribution in [0, 0.1) is 0 Å². The molecule has 0 saturated carbocycles. The summed E-state index contributed by atoms with van der Waals surface area (Å²) in [5, 5.41) is 9.95. The van der Waals surface area contributed by atoms with Crippen LogP contribution in [-0.4, -0.2) is 35.4 Å². The molecule has 2 atom stereocenters. The SMILES string of the molecule is CCCCCC(=O)OC(C)C(C)(O)C(=O)OCC. The number of carbonyl (C=O) groups excluding carboxylic acids is 2. The average molecular weight is 260 g/mol. The molecule has 0 spiro atoms. The van der Waals surface area contributed by atoms with E-state index in [0.717, 1.165) is 19.3 Å². The monoisotopic (exact) mass is 260 g/mol. The Morgan fingerprint density at radius 2 is 1.89 bits per heavy atom. The number of ether oxygens (including phenoxy) is 2. The molecule has 5 heteroatoms. The zero-order valence-electron chi connectivity index (χ0n) is 11.7. The molecule has 2 unspecified atom stereocenters. The molecule has 0 bridgehead atoms. The lowest BCUT2D eigenvalue weighted by atomic mass is 10.0. The third-order valence-electron chi connectivity index (χ3n) is 2.77. The van der Waals surface area contributed by atoms with E-state index >= 15 is 0 Å². The van der Waals surface area contributed by atoms with Crippen molar-refractivity contribution in [2.24, 2.45) is 0 Å². The Balaban J connectivity index is 4.24. The molecule has 0 aliphatic rings. The van der Waals surface area contributed by atoms with E-state index in [-0.39, 0.29) is 6.61 Å². The third kappa shape index (κ3) is 5.49. The molecule has 0 aromatic heterocycles. The van der Waals surface area contributed by atoms with E-state index in [9.17, 15) is 14.7 Å². The number of hydrogen-bond acceptors (Lipinski definition) is 5. The first-order chi connectivity index (χ1) is 8.36. The number of hydrogen-bond donors (Lipinski definition) is 1. The first-order valence-electron chi connectivity index (χ1n) is 6.45. The summed E-state index contributed by atoms with van der Waals surface area (Å²) in [6, 6.07) is 0. The van der Waals surface area contributed by atoms with Crippen LogP contribution in [0.25, 0.3) is 0 Å². The van der Waals surface area contributed by atoms with E-state index in [0.29, 0.717) is 6.42 Å². The summed E-state index contributed by atoms with van der Waals surface area (Å²) >= 11 is 0. The molecule has 0 amide bonds. The minimum atomic E-state index is -1.81. The maximum absolute atomic E-state index is 11.5. The van der Waals surface area contributed by atoms with Gasteiger partial charge in [0.15, 0.2) is 5.60 Å². The van der Waals surface area contributed by atoms with Crippen molar-refractivity contribution in [3.63, 3.8) is 0 Å². The number of aliphatic hydroxyl groups is 1. The fourth-order valence-electron chi connectivity index (χ4n) is 1.33. The maximum atomic E-state index is 11.5. The van der Waals surface area contributed by atoms with Crippen LogP contribution in [0.3, 0.4) is 0 Å². The molecule has 0 heterocycles. The Hall–Kier alpha value is -1.10. The lowest BCUT2D eigenvalue weighted by Crippen LogP contribution is -2.48. The Morgan fingerprint density at radius 1 is 1.28 bits per heavy atom. The summed E-state index contributed by atoms with van der Waals surface area (Å²) in [6.07, 6.45) is 2.10. The summed E-state index contributed by atoms with van der Waals surface area (Å²) in [6.45, 7) is 6.63. The molecule has 0 radical (unpaired) electrons. The topological polar surface area (TPSA) is 72.8 Å². The van der Waals surface area contributed by atoms with Crippen molar-refractivity contribution in [2.45, 2.75) is 65.1 Å². The predicted molar refractivity (Wildman–Crippen MR) is 67.0 cm³/mol. The number of rotatable bonds is 8. The predicted octanol–water partition coefficient (Wildman–Crippen LogP) is 1.81. The standard InChI is InChI=1S/C13H24O5/c1-5-7-8-9-11(14)18-10(3)13(4,16)12(15)17-6-2/h10,16H,5-9H2,1-4H3. The van der Waals surface area contributed by atoms with E-state index in [1.54, 1.807) is 6.92 Å². The number of carbonyl (C=O) groups is 2. The molecular weight excluding hydrogens is 236 g/mol. The van der Waals surface area contributed by atoms with Gasteiger partial charge in [-0.1, -0.05) is 19.8 Å². The first kappa shape index (κ1) is 16.9. The van der Waals surface area contributed by atoms with Crippen LogP contribution in [0.15, 0.2) is 0 Å². The Morgan fingerprint density at radius 3 is 2.39 bits per heavy atom. The highest BCUT2D eigenvalue weighted by atomic mass is 16.6. The minimum absolute atomic E-state index is 0.173. The number of esters is 2. The van der Waals surface area contributed by atoms with Gasteiger partial charge in [0.05, 0.1) is 6.61 Å². The number of unbranched alkanes of at least 4 members (excludes halogenated alkanes) is 2. The van der Waals surface area contributed by atoms with Gasteiger partial charge >= 0.3 is 11.9 Å². The lowest BCUT2D eigenvalue weighted by molar-refractivity contribution is -0.183. The average Bonchev–Trinajstić information content (AvgIpc) is 2.29. The van der Waals surface area contributed by atoms with E-state index in [4.69, 9.17) is 9.47 Å². The maximum Gasteiger partial charge on any atom is 0.341 e. The van der Waals surface area contributed by atoms with E-state index in [1.807, 2.05) is 6.92 Å². The van der Waals surface area contributed by atoms with E-state index in [2.05, 4.69) is 0 Å². The van der Waals surface area contributed by atoms with Gasteiger partial charge in [-0.05, 0) is 27.2 Å². The summed E-state index contributed by atoms with van der Waals surface area (Å²) in [7, 11) is 0. The van der Waals surface area contributed by atoms with Crippen molar-refractivity contribution >= 4 is 11.9 Å². The summed E-state index contributed by atoms with van der Waals surface area (Å²) in [5.41, 5.74) is -1.81. The van der Waals surface area contributed by atoms with Gasteiger partial charge in [-0.2, -0.15) is 0 Å². The van der Waals surface area contributed by atoms with Gasteiger partial charge < -0.3 is 14.6 Å². The highest BCUT2D eigenvalue weighted by Gasteiger charge is 2.40. The highest BCUT2D eigenvalue weighted by molar-refractivity contribution is 5.80. The molecule has 0 saturated heterocycles. The summed E-state index contributed by atoms with van der Waals surface area (Å²) in [4.78, 5) is 23.0. The van der Waals surface area contributed by atoms with Crippen LogP contribution >= 0.6 is 0 Å². The molecule has 18 heavy (non-hydrogen) atoms. The van der Waals surface area contributed by atoms with Crippen LogP contribution in [0.1, 0.15) is 53.4 Å². The fraction of sp³-hybridized carbons (Fsp3) is 0.846. The van der Waals surface area contributed by atoms with Gasteiger partial charge in [0.1, 0.15) is 6.10 Å². The van der Waals surface area contributed by atoms with E-state index in [1.165, 1.54) is 13.8 Å². The fourth-order valence-corrected chi connectivity index (χ4v) is 1.33. The van der Waals surface area contributed by atoms with Crippen LogP contribution in [-0.2, 0) is 19.1 Å². The largest absolute Gasteiger partial charge is 0.464 e. The van der Waals surface area contributed by atoms with Crippen LogP contribution < -0.4 is 0 Å². The second-order valence-electron chi connectivity index (χ2n) is 4.46. The molecule has 0 aliphatic heterocycles. The van der Waals surface area contributed by atoms with Gasteiger partial charge in [0.25, 0.3) is 0 Å². The zero-order valence-corrected chi connectivity index (χ0v) is 11.7. The Labute approximate surface area is 108 Å². The molecular formula is C13H24O5. The second kappa shape index (κ2) is 8.08.